The van der Waals surface area contributed by atoms with Gasteiger partial charge in [0.05, 0.1) is 4.90 Å². The highest BCUT2D eigenvalue weighted by Gasteiger charge is 2.31. The highest BCUT2D eigenvalue weighted by molar-refractivity contribution is 7.89. The lowest BCUT2D eigenvalue weighted by Gasteiger charge is -2.32. The topological polar surface area (TPSA) is 95.6 Å². The number of hydrogen-bond donors (Lipinski definition) is 2. The van der Waals surface area contributed by atoms with Gasteiger partial charge in [0.2, 0.25) is 21.8 Å². The first-order valence-electron chi connectivity index (χ1n) is 13.5. The second-order valence-electron chi connectivity index (χ2n) is 9.94. The summed E-state index contributed by atoms with van der Waals surface area (Å²) in [7, 11) is -3.54. The van der Waals surface area contributed by atoms with Gasteiger partial charge in [-0.2, -0.15) is 0 Å². The molecule has 3 aromatic carbocycles. The molecule has 0 radical (unpaired) electrons. The molecule has 0 aromatic heterocycles. The summed E-state index contributed by atoms with van der Waals surface area (Å²) in [6.45, 7) is 7.07. The molecular weight excluding hydrogens is 510 g/mol. The molecule has 7 nitrogen and oxygen atoms in total. The van der Waals surface area contributed by atoms with Crippen LogP contribution < -0.4 is 10.0 Å². The fourth-order valence-electron chi connectivity index (χ4n) is 4.30. The summed E-state index contributed by atoms with van der Waals surface area (Å²) in [6, 6.07) is 24.8. The maximum atomic E-state index is 13.8. The van der Waals surface area contributed by atoms with Gasteiger partial charge >= 0.3 is 0 Å². The molecule has 208 valence electrons. The number of carbonyl (C=O) groups is 2. The number of carbonyl (C=O) groups excluding carboxylic acids is 2. The summed E-state index contributed by atoms with van der Waals surface area (Å²) >= 11 is 0. The Hall–Kier alpha value is -3.49. The quantitative estimate of drug-likeness (QED) is 0.301. The third-order valence-corrected chi connectivity index (χ3v) is 7.97. The van der Waals surface area contributed by atoms with Gasteiger partial charge in [0.25, 0.3) is 0 Å². The first kappa shape index (κ1) is 30.1. The summed E-state index contributed by atoms with van der Waals surface area (Å²) < 4.78 is 27.0. The molecule has 0 heterocycles. The zero-order valence-corrected chi connectivity index (χ0v) is 23.8. The molecule has 0 saturated carbocycles. The smallest absolute Gasteiger partial charge is 0.247 e. The SMILES string of the molecule is CCNS(=O)(=O)c1ccc(CCC(=O)N(Cc2ccccc2)[C@H](C(=O)NCCC(C)C)c2ccccc2)cc1. The maximum absolute atomic E-state index is 13.8. The second-order valence-corrected chi connectivity index (χ2v) is 11.7. The number of sulfonamides is 1. The van der Waals surface area contributed by atoms with Crippen LogP contribution in [-0.2, 0) is 32.6 Å². The Labute approximate surface area is 232 Å². The largest absolute Gasteiger partial charge is 0.354 e. The molecule has 8 heteroatoms. The number of nitrogens with zero attached hydrogens (tertiary/aromatic N) is 1. The van der Waals surface area contributed by atoms with Crippen LogP contribution in [0.25, 0.3) is 0 Å². The van der Waals surface area contributed by atoms with Gasteiger partial charge in [0, 0.05) is 26.1 Å². The first-order chi connectivity index (χ1) is 18.7. The van der Waals surface area contributed by atoms with Crippen molar-refractivity contribution in [2.75, 3.05) is 13.1 Å². The van der Waals surface area contributed by atoms with Gasteiger partial charge in [-0.15, -0.1) is 0 Å². The Morgan fingerprint density at radius 1 is 0.846 bits per heavy atom. The number of hydrogen-bond acceptors (Lipinski definition) is 4. The molecule has 1 atom stereocenters. The van der Waals surface area contributed by atoms with Crippen molar-refractivity contribution in [3.05, 3.63) is 102 Å². The Morgan fingerprint density at radius 3 is 2.05 bits per heavy atom. The maximum Gasteiger partial charge on any atom is 0.247 e. The van der Waals surface area contributed by atoms with Crippen LogP contribution in [0.15, 0.2) is 89.8 Å². The van der Waals surface area contributed by atoms with Gasteiger partial charge in [0.1, 0.15) is 6.04 Å². The number of rotatable bonds is 14. The van der Waals surface area contributed by atoms with Gasteiger partial charge in [-0.1, -0.05) is 93.6 Å². The minimum atomic E-state index is -3.54. The van der Waals surface area contributed by atoms with Crippen molar-refractivity contribution >= 4 is 21.8 Å². The molecule has 2 amide bonds. The third kappa shape index (κ3) is 9.04. The van der Waals surface area contributed by atoms with E-state index in [-0.39, 0.29) is 29.7 Å². The van der Waals surface area contributed by atoms with Gasteiger partial charge < -0.3 is 10.2 Å². The molecule has 2 N–H and O–H groups in total. The van der Waals surface area contributed by atoms with Crippen molar-refractivity contribution < 1.29 is 18.0 Å². The van der Waals surface area contributed by atoms with Crippen LogP contribution in [0.2, 0.25) is 0 Å². The highest BCUT2D eigenvalue weighted by atomic mass is 32.2. The molecular formula is C31H39N3O4S. The molecule has 0 spiro atoms. The van der Waals surface area contributed by atoms with Crippen molar-refractivity contribution in [3.63, 3.8) is 0 Å². The summed E-state index contributed by atoms with van der Waals surface area (Å²) in [5.41, 5.74) is 2.53. The average Bonchev–Trinajstić information content (AvgIpc) is 2.92. The Bertz CT molecular complexity index is 1290. The first-order valence-corrected chi connectivity index (χ1v) is 14.9. The average molecular weight is 550 g/mol. The zero-order chi connectivity index (χ0) is 28.3. The van der Waals surface area contributed by atoms with E-state index in [2.05, 4.69) is 23.9 Å². The fourth-order valence-corrected chi connectivity index (χ4v) is 5.34. The Morgan fingerprint density at radius 2 is 1.46 bits per heavy atom. The number of benzene rings is 3. The van der Waals surface area contributed by atoms with Crippen LogP contribution >= 0.6 is 0 Å². The van der Waals surface area contributed by atoms with E-state index >= 15 is 0 Å². The summed E-state index contributed by atoms with van der Waals surface area (Å²) in [5.74, 6) is 0.0850. The molecule has 39 heavy (non-hydrogen) atoms. The molecule has 3 aromatic rings. The Kier molecular flexibility index (Phi) is 11.3. The molecule has 0 aliphatic carbocycles. The predicted molar refractivity (Wildman–Crippen MR) is 154 cm³/mol. The van der Waals surface area contributed by atoms with Gasteiger partial charge in [0.15, 0.2) is 0 Å². The van der Waals surface area contributed by atoms with E-state index in [1.165, 1.54) is 0 Å². The molecule has 0 bridgehead atoms. The molecule has 0 unspecified atom stereocenters. The van der Waals surface area contributed by atoms with E-state index in [9.17, 15) is 18.0 Å². The minimum Gasteiger partial charge on any atom is -0.354 e. The number of amides is 2. The predicted octanol–water partition coefficient (Wildman–Crippen LogP) is 4.85. The molecule has 3 rings (SSSR count). The Balaban J connectivity index is 1.85. The number of nitrogens with one attached hydrogen (secondary N) is 2. The van der Waals surface area contributed by atoms with E-state index < -0.39 is 16.1 Å². The van der Waals surface area contributed by atoms with Crippen LogP contribution in [0.5, 0.6) is 0 Å². The summed E-state index contributed by atoms with van der Waals surface area (Å²) in [4.78, 5) is 29.2. The highest BCUT2D eigenvalue weighted by Crippen LogP contribution is 2.25. The summed E-state index contributed by atoms with van der Waals surface area (Å²) in [6.07, 6.45) is 1.44. The van der Waals surface area contributed by atoms with E-state index in [0.29, 0.717) is 25.4 Å². The van der Waals surface area contributed by atoms with Crippen LogP contribution in [0.4, 0.5) is 0 Å². The molecule has 0 fully saturated rings. The van der Waals surface area contributed by atoms with Crippen LogP contribution in [-0.4, -0.2) is 38.2 Å². The van der Waals surface area contributed by atoms with E-state index in [1.807, 2.05) is 60.7 Å². The van der Waals surface area contributed by atoms with Crippen LogP contribution in [0, 0.1) is 5.92 Å². The minimum absolute atomic E-state index is 0.156. The molecule has 0 aliphatic rings. The van der Waals surface area contributed by atoms with Crippen molar-refractivity contribution in [2.24, 2.45) is 5.92 Å². The van der Waals surface area contributed by atoms with Gasteiger partial charge in [-0.3, -0.25) is 9.59 Å². The lowest BCUT2D eigenvalue weighted by atomic mass is 10.0. The van der Waals surface area contributed by atoms with E-state index in [4.69, 9.17) is 0 Å². The normalized spacial score (nSPS) is 12.2. The third-order valence-electron chi connectivity index (χ3n) is 6.41. The van der Waals surface area contributed by atoms with Gasteiger partial charge in [-0.25, -0.2) is 13.1 Å². The van der Waals surface area contributed by atoms with Crippen molar-refractivity contribution in [3.8, 4) is 0 Å². The molecule has 0 aliphatic heterocycles. The van der Waals surface area contributed by atoms with Crippen molar-refractivity contribution in [2.45, 2.75) is 57.5 Å². The lowest BCUT2D eigenvalue weighted by Crippen LogP contribution is -2.43. The molecule has 0 saturated heterocycles. The lowest BCUT2D eigenvalue weighted by molar-refractivity contribution is -0.141. The standard InChI is InChI=1S/C31H39N3O4S/c1-4-33-39(37,38)28-18-15-25(16-19-28)17-20-29(35)34(23-26-11-7-5-8-12-26)30(27-13-9-6-10-14-27)31(36)32-22-21-24(2)3/h5-16,18-19,24,30,33H,4,17,20-23H2,1-3H3,(H,32,36)/t30-/m0/s1. The van der Waals surface area contributed by atoms with Crippen molar-refractivity contribution in [1.82, 2.24) is 14.9 Å². The van der Waals surface area contributed by atoms with Crippen LogP contribution in [0.1, 0.15) is 56.3 Å². The van der Waals surface area contributed by atoms with E-state index in [1.54, 1.807) is 36.1 Å². The van der Waals surface area contributed by atoms with Crippen molar-refractivity contribution in [1.29, 1.82) is 0 Å². The second kappa shape index (κ2) is 14.6. The zero-order valence-electron chi connectivity index (χ0n) is 23.0. The monoisotopic (exact) mass is 549 g/mol. The van der Waals surface area contributed by atoms with Gasteiger partial charge in [-0.05, 0) is 47.6 Å². The number of aryl methyl sites for hydroxylation is 1. The fraction of sp³-hybridized carbons (Fsp3) is 0.355. The van der Waals surface area contributed by atoms with E-state index in [0.717, 1.165) is 23.1 Å². The van der Waals surface area contributed by atoms with Crippen LogP contribution in [0.3, 0.4) is 0 Å². The summed E-state index contributed by atoms with van der Waals surface area (Å²) in [5, 5.41) is 3.04.